The molecule has 0 N–H and O–H groups in total. The van der Waals surface area contributed by atoms with E-state index in [2.05, 4.69) is 88.3 Å². The van der Waals surface area contributed by atoms with E-state index in [1.165, 1.54) is 35.7 Å². The lowest BCUT2D eigenvalue weighted by atomic mass is 9.86. The van der Waals surface area contributed by atoms with Crippen LogP contribution in [0, 0.1) is 0 Å². The van der Waals surface area contributed by atoms with Gasteiger partial charge in [-0.05, 0) is 48.6 Å². The summed E-state index contributed by atoms with van der Waals surface area (Å²) >= 11 is 0. The topological polar surface area (TPSA) is 9.86 Å². The van der Waals surface area contributed by atoms with E-state index in [9.17, 15) is 0 Å². The van der Waals surface area contributed by atoms with Crippen molar-refractivity contribution in [2.45, 2.75) is 38.3 Å². The third-order valence-corrected chi connectivity index (χ3v) is 5.77. The number of aromatic nitrogens is 2. The third kappa shape index (κ3) is 2.66. The summed E-state index contributed by atoms with van der Waals surface area (Å²) in [7, 11) is 0. The number of nitrogens with zero attached hydrogens (tertiary/aromatic N) is 2. The molecule has 1 aliphatic rings. The normalized spacial score (nSPS) is 16.7. The molecule has 0 amide bonds. The Labute approximate surface area is 154 Å². The molecule has 2 heteroatoms. The molecule has 1 unspecified atom stereocenters. The molecule has 0 radical (unpaired) electrons. The molecule has 1 aliphatic carbocycles. The smallest absolute Gasteiger partial charge is 0.0488 e. The van der Waals surface area contributed by atoms with Crippen molar-refractivity contribution in [3.05, 3.63) is 95.9 Å². The lowest BCUT2D eigenvalue weighted by Crippen LogP contribution is -2.18. The Kier molecular flexibility index (Phi) is 3.89. The van der Waals surface area contributed by atoms with Crippen LogP contribution in [0.4, 0.5) is 0 Å². The Bertz CT molecular complexity index is 1010. The predicted octanol–water partition coefficient (Wildman–Crippen LogP) is 5.61. The monoisotopic (exact) mass is 340 g/mol. The number of aryl methyl sites for hydroxylation is 1. The second-order valence-corrected chi connectivity index (χ2v) is 7.42. The van der Waals surface area contributed by atoms with Gasteiger partial charge in [-0.1, -0.05) is 48.5 Å². The van der Waals surface area contributed by atoms with E-state index < -0.39 is 0 Å². The lowest BCUT2D eigenvalue weighted by molar-refractivity contribution is 0.460. The molecule has 26 heavy (non-hydrogen) atoms. The van der Waals surface area contributed by atoms with Crippen LogP contribution in [0.25, 0.3) is 10.9 Å². The summed E-state index contributed by atoms with van der Waals surface area (Å²) in [5, 5.41) is 1.45. The molecule has 2 heterocycles. The highest BCUT2D eigenvalue weighted by molar-refractivity contribution is 5.86. The first-order valence-corrected chi connectivity index (χ1v) is 9.65. The largest absolute Gasteiger partial charge is 0.354 e. The third-order valence-electron chi connectivity index (χ3n) is 5.77. The molecule has 2 nitrogen and oxygen atoms in total. The van der Waals surface area contributed by atoms with Crippen molar-refractivity contribution in [3.8, 4) is 0 Å². The maximum atomic E-state index is 2.59. The second-order valence-electron chi connectivity index (χ2n) is 7.42. The molecule has 0 aliphatic heterocycles. The van der Waals surface area contributed by atoms with Gasteiger partial charge in [-0.3, -0.25) is 0 Å². The van der Waals surface area contributed by atoms with Crippen molar-refractivity contribution in [1.82, 2.24) is 9.13 Å². The van der Waals surface area contributed by atoms with E-state index in [0.717, 1.165) is 13.1 Å². The first kappa shape index (κ1) is 15.5. The van der Waals surface area contributed by atoms with Gasteiger partial charge in [-0.2, -0.15) is 0 Å². The van der Waals surface area contributed by atoms with Crippen LogP contribution in [0.1, 0.15) is 35.6 Å². The molecule has 0 fully saturated rings. The number of rotatable bonds is 4. The summed E-state index contributed by atoms with van der Waals surface area (Å²) in [6.45, 7) is 2.03. The maximum Gasteiger partial charge on any atom is 0.0488 e. The standard InChI is InChI=1S/C24H24N2/c1-2-9-19(10-3-1)17-26-23-14-5-4-12-21(23)22-13-8-11-20(24(22)26)18-25-15-6-7-16-25/h1-7,9-10,12,14-16,20H,8,11,13,17-18H2. The van der Waals surface area contributed by atoms with Gasteiger partial charge in [0.25, 0.3) is 0 Å². The van der Waals surface area contributed by atoms with Crippen LogP contribution in [0.2, 0.25) is 0 Å². The van der Waals surface area contributed by atoms with Crippen LogP contribution < -0.4 is 0 Å². The Morgan fingerprint density at radius 2 is 1.62 bits per heavy atom. The summed E-state index contributed by atoms with van der Waals surface area (Å²) in [6.07, 6.45) is 8.16. The highest BCUT2D eigenvalue weighted by atomic mass is 15.0. The van der Waals surface area contributed by atoms with Gasteiger partial charge in [0.2, 0.25) is 0 Å². The Morgan fingerprint density at radius 3 is 2.46 bits per heavy atom. The van der Waals surface area contributed by atoms with Gasteiger partial charge < -0.3 is 9.13 Å². The molecule has 2 aromatic heterocycles. The highest BCUT2D eigenvalue weighted by Crippen LogP contribution is 2.39. The maximum absolute atomic E-state index is 2.59. The molecule has 130 valence electrons. The van der Waals surface area contributed by atoms with Gasteiger partial charge in [-0.15, -0.1) is 0 Å². The van der Waals surface area contributed by atoms with Crippen LogP contribution in [0.3, 0.4) is 0 Å². The van der Waals surface area contributed by atoms with Crippen LogP contribution in [-0.2, 0) is 19.5 Å². The van der Waals surface area contributed by atoms with E-state index in [1.807, 2.05) is 0 Å². The molecule has 2 aromatic carbocycles. The SMILES string of the molecule is c1ccc(Cn2c3c(c4ccccc42)CCCC3Cn2cccc2)cc1. The number of hydrogen-bond acceptors (Lipinski definition) is 0. The van der Waals surface area contributed by atoms with Crippen molar-refractivity contribution < 1.29 is 0 Å². The number of para-hydroxylation sites is 1. The summed E-state index contributed by atoms with van der Waals surface area (Å²) < 4.78 is 4.93. The Balaban J connectivity index is 1.65. The molecular weight excluding hydrogens is 316 g/mol. The Hall–Kier alpha value is -2.74. The predicted molar refractivity (Wildman–Crippen MR) is 108 cm³/mol. The van der Waals surface area contributed by atoms with Crippen LogP contribution in [0.5, 0.6) is 0 Å². The van der Waals surface area contributed by atoms with E-state index in [4.69, 9.17) is 0 Å². The van der Waals surface area contributed by atoms with Crippen LogP contribution >= 0.6 is 0 Å². The molecule has 0 saturated carbocycles. The summed E-state index contributed by atoms with van der Waals surface area (Å²) in [6, 6.07) is 24.1. The van der Waals surface area contributed by atoms with Crippen molar-refractivity contribution in [2.24, 2.45) is 0 Å². The van der Waals surface area contributed by atoms with Gasteiger partial charge in [0.1, 0.15) is 0 Å². The zero-order valence-corrected chi connectivity index (χ0v) is 15.0. The fourth-order valence-corrected chi connectivity index (χ4v) is 4.65. The van der Waals surface area contributed by atoms with Gasteiger partial charge in [0.15, 0.2) is 0 Å². The first-order chi connectivity index (χ1) is 12.9. The van der Waals surface area contributed by atoms with Crippen molar-refractivity contribution in [3.63, 3.8) is 0 Å². The van der Waals surface area contributed by atoms with Gasteiger partial charge in [0, 0.05) is 48.0 Å². The van der Waals surface area contributed by atoms with E-state index >= 15 is 0 Å². The number of fused-ring (bicyclic) bond motifs is 3. The molecule has 4 aromatic rings. The molecular formula is C24H24N2. The fraction of sp³-hybridized carbons (Fsp3) is 0.250. The Morgan fingerprint density at radius 1 is 0.846 bits per heavy atom. The van der Waals surface area contributed by atoms with E-state index in [1.54, 1.807) is 11.3 Å². The number of hydrogen-bond donors (Lipinski definition) is 0. The van der Waals surface area contributed by atoms with Gasteiger partial charge in [0.05, 0.1) is 0 Å². The lowest BCUT2D eigenvalue weighted by Gasteiger charge is -2.26. The minimum Gasteiger partial charge on any atom is -0.354 e. The molecule has 0 saturated heterocycles. The van der Waals surface area contributed by atoms with Crippen LogP contribution in [-0.4, -0.2) is 9.13 Å². The minimum absolute atomic E-state index is 0.585. The average Bonchev–Trinajstić information content (AvgIpc) is 3.30. The average molecular weight is 340 g/mol. The molecule has 0 bridgehead atoms. The molecule has 5 rings (SSSR count). The van der Waals surface area contributed by atoms with Crippen molar-refractivity contribution in [1.29, 1.82) is 0 Å². The summed E-state index contributed by atoms with van der Waals surface area (Å²) in [4.78, 5) is 0. The zero-order chi connectivity index (χ0) is 17.3. The second kappa shape index (κ2) is 6.53. The zero-order valence-electron chi connectivity index (χ0n) is 15.0. The van der Waals surface area contributed by atoms with Gasteiger partial charge in [-0.25, -0.2) is 0 Å². The fourth-order valence-electron chi connectivity index (χ4n) is 4.65. The molecule has 1 atom stereocenters. The van der Waals surface area contributed by atoms with Gasteiger partial charge >= 0.3 is 0 Å². The van der Waals surface area contributed by atoms with E-state index in [-0.39, 0.29) is 0 Å². The van der Waals surface area contributed by atoms with Crippen LogP contribution in [0.15, 0.2) is 79.1 Å². The van der Waals surface area contributed by atoms with E-state index in [0.29, 0.717) is 5.92 Å². The highest BCUT2D eigenvalue weighted by Gasteiger charge is 2.27. The van der Waals surface area contributed by atoms with Crippen molar-refractivity contribution in [2.75, 3.05) is 0 Å². The minimum atomic E-state index is 0.585. The quantitative estimate of drug-likeness (QED) is 0.457. The summed E-state index contributed by atoms with van der Waals surface area (Å²) in [5.41, 5.74) is 5.91. The first-order valence-electron chi connectivity index (χ1n) is 9.65. The molecule has 0 spiro atoms. The summed E-state index contributed by atoms with van der Waals surface area (Å²) in [5.74, 6) is 0.585. The number of benzene rings is 2. The van der Waals surface area contributed by atoms with Crippen molar-refractivity contribution >= 4 is 10.9 Å².